The molecule has 1 N–H and O–H groups in total. The third-order valence-corrected chi connectivity index (χ3v) is 2.34. The van der Waals surface area contributed by atoms with Gasteiger partial charge in [-0.15, -0.1) is 0 Å². The summed E-state index contributed by atoms with van der Waals surface area (Å²) in [4.78, 5) is 11.8. The number of anilines is 1. The highest BCUT2D eigenvalue weighted by Crippen LogP contribution is 2.14. The third kappa shape index (κ3) is 2.56. The molecule has 0 spiro atoms. The van der Waals surface area contributed by atoms with E-state index in [0.717, 1.165) is 24.1 Å². The Labute approximate surface area is 89.3 Å². The van der Waals surface area contributed by atoms with Gasteiger partial charge in [0.05, 0.1) is 0 Å². The van der Waals surface area contributed by atoms with Gasteiger partial charge in [0, 0.05) is 11.3 Å². The van der Waals surface area contributed by atoms with Crippen molar-refractivity contribution in [2.75, 3.05) is 5.32 Å². The number of para-hydroxylation sites is 1. The van der Waals surface area contributed by atoms with E-state index in [2.05, 4.69) is 11.4 Å². The highest BCUT2D eigenvalue weighted by atomic mass is 16.1. The van der Waals surface area contributed by atoms with Crippen molar-refractivity contribution in [2.45, 2.75) is 12.8 Å². The Kier molecular flexibility index (Phi) is 2.98. The Hall–Kier alpha value is -1.83. The Bertz CT molecular complexity index is 404. The lowest BCUT2D eigenvalue weighted by Gasteiger charge is -2.09. The van der Waals surface area contributed by atoms with Crippen LogP contribution in [0.3, 0.4) is 0 Å². The maximum atomic E-state index is 11.8. The number of hydrogen-bond acceptors (Lipinski definition) is 1. The second kappa shape index (κ2) is 4.60. The van der Waals surface area contributed by atoms with Gasteiger partial charge in [-0.3, -0.25) is 4.79 Å². The SMILES string of the molecule is O=C(Nc1ccccc1)C1=CC=CCC1. The minimum Gasteiger partial charge on any atom is -0.322 e. The molecule has 1 aromatic rings. The third-order valence-electron chi connectivity index (χ3n) is 2.34. The predicted octanol–water partition coefficient (Wildman–Crippen LogP) is 2.90. The molecule has 1 aromatic carbocycles. The van der Waals surface area contributed by atoms with Crippen LogP contribution in [0.2, 0.25) is 0 Å². The first-order chi connectivity index (χ1) is 7.36. The first-order valence-corrected chi connectivity index (χ1v) is 5.08. The summed E-state index contributed by atoms with van der Waals surface area (Å²) in [5, 5.41) is 2.87. The van der Waals surface area contributed by atoms with E-state index in [1.165, 1.54) is 0 Å². The van der Waals surface area contributed by atoms with E-state index in [4.69, 9.17) is 0 Å². The van der Waals surface area contributed by atoms with Crippen LogP contribution in [-0.4, -0.2) is 5.91 Å². The molecule has 0 fully saturated rings. The van der Waals surface area contributed by atoms with E-state index in [0.29, 0.717) is 0 Å². The van der Waals surface area contributed by atoms with E-state index in [1.807, 2.05) is 42.5 Å². The predicted molar refractivity (Wildman–Crippen MR) is 61.5 cm³/mol. The molecule has 1 amide bonds. The molecule has 0 atom stereocenters. The van der Waals surface area contributed by atoms with Crippen molar-refractivity contribution in [3.63, 3.8) is 0 Å². The highest BCUT2D eigenvalue weighted by Gasteiger charge is 2.09. The van der Waals surface area contributed by atoms with Crippen LogP contribution in [0.1, 0.15) is 12.8 Å². The van der Waals surface area contributed by atoms with Gasteiger partial charge in [-0.1, -0.05) is 36.4 Å². The lowest BCUT2D eigenvalue weighted by Crippen LogP contribution is -2.14. The molecule has 0 bridgehead atoms. The normalized spacial score (nSPS) is 14.5. The quantitative estimate of drug-likeness (QED) is 0.779. The number of benzene rings is 1. The van der Waals surface area contributed by atoms with Gasteiger partial charge in [0.2, 0.25) is 0 Å². The lowest BCUT2D eigenvalue weighted by atomic mass is 10.0. The van der Waals surface area contributed by atoms with Gasteiger partial charge in [0.15, 0.2) is 0 Å². The maximum absolute atomic E-state index is 11.8. The molecule has 15 heavy (non-hydrogen) atoms. The Morgan fingerprint density at radius 2 is 2.00 bits per heavy atom. The summed E-state index contributed by atoms with van der Waals surface area (Å²) in [5.41, 5.74) is 1.69. The van der Waals surface area contributed by atoms with Gasteiger partial charge in [0.25, 0.3) is 5.91 Å². The molecule has 2 heteroatoms. The first-order valence-electron chi connectivity index (χ1n) is 5.08. The molecule has 2 nitrogen and oxygen atoms in total. The molecule has 0 aliphatic heterocycles. The Morgan fingerprint density at radius 3 is 2.67 bits per heavy atom. The monoisotopic (exact) mass is 199 g/mol. The molecule has 0 heterocycles. The molecule has 1 aliphatic carbocycles. The van der Waals surface area contributed by atoms with Crippen molar-refractivity contribution in [3.8, 4) is 0 Å². The molecule has 1 aliphatic rings. The fourth-order valence-electron chi connectivity index (χ4n) is 1.52. The maximum Gasteiger partial charge on any atom is 0.251 e. The molecule has 0 aromatic heterocycles. The minimum absolute atomic E-state index is 0.00514. The van der Waals surface area contributed by atoms with Crippen LogP contribution in [-0.2, 0) is 4.79 Å². The Morgan fingerprint density at radius 1 is 1.20 bits per heavy atom. The van der Waals surface area contributed by atoms with Gasteiger partial charge in [-0.25, -0.2) is 0 Å². The number of allylic oxidation sites excluding steroid dienone is 3. The average molecular weight is 199 g/mol. The van der Waals surface area contributed by atoms with Gasteiger partial charge < -0.3 is 5.32 Å². The first kappa shape index (κ1) is 9.71. The summed E-state index contributed by atoms with van der Waals surface area (Å²) in [6, 6.07) is 9.52. The van der Waals surface area contributed by atoms with Crippen molar-refractivity contribution in [2.24, 2.45) is 0 Å². The van der Waals surface area contributed by atoms with E-state index in [1.54, 1.807) is 0 Å². The summed E-state index contributed by atoms with van der Waals surface area (Å²) in [6.07, 6.45) is 7.66. The van der Waals surface area contributed by atoms with Crippen LogP contribution >= 0.6 is 0 Å². The second-order valence-corrected chi connectivity index (χ2v) is 3.48. The van der Waals surface area contributed by atoms with Crippen LogP contribution in [0, 0.1) is 0 Å². The largest absolute Gasteiger partial charge is 0.322 e. The van der Waals surface area contributed by atoms with E-state index < -0.39 is 0 Å². The summed E-state index contributed by atoms with van der Waals surface area (Å²) in [5.74, 6) is 0.00514. The van der Waals surface area contributed by atoms with Crippen LogP contribution in [0.4, 0.5) is 5.69 Å². The van der Waals surface area contributed by atoms with E-state index in [9.17, 15) is 4.79 Å². The fraction of sp³-hybridized carbons (Fsp3) is 0.154. The second-order valence-electron chi connectivity index (χ2n) is 3.48. The van der Waals surface area contributed by atoms with E-state index in [-0.39, 0.29) is 5.91 Å². The number of rotatable bonds is 2. The van der Waals surface area contributed by atoms with E-state index >= 15 is 0 Å². The van der Waals surface area contributed by atoms with Gasteiger partial charge in [-0.2, -0.15) is 0 Å². The van der Waals surface area contributed by atoms with Crippen LogP contribution in [0.15, 0.2) is 54.1 Å². The Balaban J connectivity index is 2.04. The molecule has 76 valence electrons. The van der Waals surface area contributed by atoms with Crippen LogP contribution in [0.5, 0.6) is 0 Å². The zero-order valence-electron chi connectivity index (χ0n) is 8.44. The minimum atomic E-state index is 0.00514. The standard InChI is InChI=1S/C13H13NO/c15-13(11-7-3-1-4-8-11)14-12-9-5-2-6-10-12/h1-3,5-7,9-10H,4,8H2,(H,14,15). The van der Waals surface area contributed by atoms with Gasteiger partial charge >= 0.3 is 0 Å². The molecule has 0 saturated heterocycles. The summed E-state index contributed by atoms with van der Waals surface area (Å²) < 4.78 is 0. The number of hydrogen-bond donors (Lipinski definition) is 1. The van der Waals surface area contributed by atoms with Gasteiger partial charge in [-0.05, 0) is 25.0 Å². The van der Waals surface area contributed by atoms with Crippen molar-refractivity contribution < 1.29 is 4.79 Å². The van der Waals surface area contributed by atoms with Crippen molar-refractivity contribution in [3.05, 3.63) is 54.1 Å². The fourth-order valence-corrected chi connectivity index (χ4v) is 1.52. The molecule has 0 radical (unpaired) electrons. The number of carbonyl (C=O) groups excluding carboxylic acids is 1. The highest BCUT2D eigenvalue weighted by molar-refractivity contribution is 6.04. The number of nitrogens with one attached hydrogen (secondary N) is 1. The van der Waals surface area contributed by atoms with Crippen molar-refractivity contribution in [1.29, 1.82) is 0 Å². The average Bonchev–Trinajstić information content (AvgIpc) is 2.31. The molecule has 0 saturated carbocycles. The van der Waals surface area contributed by atoms with Crippen LogP contribution < -0.4 is 5.32 Å². The summed E-state index contributed by atoms with van der Waals surface area (Å²) >= 11 is 0. The van der Waals surface area contributed by atoms with Crippen LogP contribution in [0.25, 0.3) is 0 Å². The van der Waals surface area contributed by atoms with Crippen molar-refractivity contribution >= 4 is 11.6 Å². The zero-order valence-corrected chi connectivity index (χ0v) is 8.44. The molecular formula is C13H13NO. The zero-order chi connectivity index (χ0) is 10.5. The van der Waals surface area contributed by atoms with Gasteiger partial charge in [0.1, 0.15) is 0 Å². The number of carbonyl (C=O) groups is 1. The summed E-state index contributed by atoms with van der Waals surface area (Å²) in [6.45, 7) is 0. The topological polar surface area (TPSA) is 29.1 Å². The lowest BCUT2D eigenvalue weighted by molar-refractivity contribution is -0.113. The van der Waals surface area contributed by atoms with Crippen molar-refractivity contribution in [1.82, 2.24) is 0 Å². The number of amides is 1. The smallest absolute Gasteiger partial charge is 0.251 e. The molecule has 0 unspecified atom stereocenters. The summed E-state index contributed by atoms with van der Waals surface area (Å²) in [7, 11) is 0. The molecular weight excluding hydrogens is 186 g/mol. The molecule has 2 rings (SSSR count).